The van der Waals surface area contributed by atoms with Crippen molar-refractivity contribution in [3.05, 3.63) is 49.0 Å². The number of nitrogens with zero attached hydrogens (tertiary/aromatic N) is 4. The molecule has 0 amide bonds. The molecule has 7 nitrogen and oxygen atoms in total. The van der Waals surface area contributed by atoms with E-state index in [0.717, 1.165) is 24.6 Å². The maximum Gasteiger partial charge on any atom is 0.191 e. The zero-order valence-electron chi connectivity index (χ0n) is 12.1. The minimum absolute atomic E-state index is 0.462. The molecule has 2 heterocycles. The monoisotopic (exact) mass is 288 g/mol. The van der Waals surface area contributed by atoms with Gasteiger partial charge in [-0.25, -0.2) is 9.98 Å². The van der Waals surface area contributed by atoms with Crippen LogP contribution < -0.4 is 10.6 Å². The van der Waals surface area contributed by atoms with E-state index in [2.05, 4.69) is 32.3 Å². The van der Waals surface area contributed by atoms with Crippen LogP contribution in [0.2, 0.25) is 0 Å². The molecule has 7 heteroatoms. The lowest BCUT2D eigenvalue weighted by atomic mass is 10.3. The summed E-state index contributed by atoms with van der Waals surface area (Å²) in [7, 11) is 1.85. The van der Waals surface area contributed by atoms with Gasteiger partial charge in [0, 0.05) is 26.6 Å². The third kappa shape index (κ3) is 4.79. The summed E-state index contributed by atoms with van der Waals surface area (Å²) in [6, 6.07) is 3.84. The first-order chi connectivity index (χ1) is 10.3. The van der Waals surface area contributed by atoms with E-state index in [4.69, 9.17) is 4.42 Å². The number of aliphatic imine (C=N–C) groups is 1. The van der Waals surface area contributed by atoms with Crippen LogP contribution in [0.15, 0.2) is 46.8 Å². The van der Waals surface area contributed by atoms with Crippen molar-refractivity contribution < 1.29 is 4.42 Å². The average molecular weight is 288 g/mol. The fourth-order valence-electron chi connectivity index (χ4n) is 1.72. The van der Waals surface area contributed by atoms with Crippen LogP contribution >= 0.6 is 0 Å². The maximum atomic E-state index is 5.29. The molecular weight excluding hydrogens is 268 g/mol. The number of guanidine groups is 1. The van der Waals surface area contributed by atoms with Crippen molar-refractivity contribution >= 4 is 5.96 Å². The van der Waals surface area contributed by atoms with Gasteiger partial charge in [0.25, 0.3) is 0 Å². The van der Waals surface area contributed by atoms with Crippen LogP contribution in [0.4, 0.5) is 0 Å². The molecule has 112 valence electrons. The SMILES string of the molecule is C=CCNC(=NCc1ncnn1C)NCCc1ccco1. The van der Waals surface area contributed by atoms with E-state index >= 15 is 0 Å². The lowest BCUT2D eigenvalue weighted by Gasteiger charge is -2.10. The van der Waals surface area contributed by atoms with Gasteiger partial charge in [0.1, 0.15) is 24.5 Å². The van der Waals surface area contributed by atoms with Gasteiger partial charge in [-0.05, 0) is 12.1 Å². The lowest BCUT2D eigenvalue weighted by molar-refractivity contribution is 0.507. The van der Waals surface area contributed by atoms with Crippen molar-refractivity contribution in [2.45, 2.75) is 13.0 Å². The smallest absolute Gasteiger partial charge is 0.191 e. The molecule has 2 aromatic heterocycles. The van der Waals surface area contributed by atoms with Crippen LogP contribution in [0, 0.1) is 0 Å². The minimum atomic E-state index is 0.462. The Hall–Kier alpha value is -2.57. The van der Waals surface area contributed by atoms with Crippen molar-refractivity contribution in [1.82, 2.24) is 25.4 Å². The number of hydrogen-bond acceptors (Lipinski definition) is 4. The number of aromatic nitrogens is 3. The largest absolute Gasteiger partial charge is 0.469 e. The Morgan fingerprint density at radius 3 is 3.10 bits per heavy atom. The highest BCUT2D eigenvalue weighted by molar-refractivity contribution is 5.79. The Morgan fingerprint density at radius 1 is 1.52 bits per heavy atom. The number of nitrogens with one attached hydrogen (secondary N) is 2. The molecule has 0 atom stereocenters. The maximum absolute atomic E-state index is 5.29. The van der Waals surface area contributed by atoms with Gasteiger partial charge < -0.3 is 15.1 Å². The summed E-state index contributed by atoms with van der Waals surface area (Å²) >= 11 is 0. The van der Waals surface area contributed by atoms with Gasteiger partial charge in [0.05, 0.1) is 6.26 Å². The fraction of sp³-hybridized carbons (Fsp3) is 0.357. The zero-order chi connectivity index (χ0) is 14.9. The van der Waals surface area contributed by atoms with Gasteiger partial charge in [-0.2, -0.15) is 5.10 Å². The molecule has 0 spiro atoms. The second-order valence-electron chi connectivity index (χ2n) is 4.39. The van der Waals surface area contributed by atoms with Gasteiger partial charge in [0.15, 0.2) is 5.96 Å². The zero-order valence-corrected chi connectivity index (χ0v) is 12.1. The average Bonchev–Trinajstić information content (AvgIpc) is 3.13. The molecule has 0 aliphatic heterocycles. The third-order valence-corrected chi connectivity index (χ3v) is 2.84. The van der Waals surface area contributed by atoms with Crippen LogP contribution in [0.25, 0.3) is 0 Å². The van der Waals surface area contributed by atoms with E-state index in [9.17, 15) is 0 Å². The van der Waals surface area contributed by atoms with E-state index in [-0.39, 0.29) is 0 Å². The summed E-state index contributed by atoms with van der Waals surface area (Å²) in [4.78, 5) is 8.62. The van der Waals surface area contributed by atoms with Crippen LogP contribution in [-0.2, 0) is 20.0 Å². The predicted molar refractivity (Wildman–Crippen MR) is 80.8 cm³/mol. The molecule has 0 bridgehead atoms. The molecule has 21 heavy (non-hydrogen) atoms. The van der Waals surface area contributed by atoms with Gasteiger partial charge in [0.2, 0.25) is 0 Å². The van der Waals surface area contributed by atoms with E-state index in [1.165, 1.54) is 6.33 Å². The topological polar surface area (TPSA) is 80.3 Å². The van der Waals surface area contributed by atoms with Gasteiger partial charge in [-0.1, -0.05) is 6.08 Å². The predicted octanol–water partition coefficient (Wildman–Crippen LogP) is 0.872. The van der Waals surface area contributed by atoms with E-state index in [1.54, 1.807) is 17.0 Å². The molecule has 0 aliphatic carbocycles. The Kier molecular flexibility index (Phi) is 5.57. The number of rotatable bonds is 7. The van der Waals surface area contributed by atoms with Crippen molar-refractivity contribution in [2.75, 3.05) is 13.1 Å². The molecule has 0 unspecified atom stereocenters. The summed E-state index contributed by atoms with van der Waals surface area (Å²) in [5.41, 5.74) is 0. The first kappa shape index (κ1) is 14.8. The molecule has 2 aromatic rings. The second kappa shape index (κ2) is 7.88. The molecule has 0 fully saturated rings. The Morgan fingerprint density at radius 2 is 2.43 bits per heavy atom. The summed E-state index contributed by atoms with van der Waals surface area (Å²) in [5, 5.41) is 10.4. The highest BCUT2D eigenvalue weighted by Gasteiger charge is 2.02. The summed E-state index contributed by atoms with van der Waals surface area (Å²) in [6.45, 7) is 5.53. The Labute approximate surface area is 123 Å². The van der Waals surface area contributed by atoms with Crippen molar-refractivity contribution in [1.29, 1.82) is 0 Å². The fourth-order valence-corrected chi connectivity index (χ4v) is 1.72. The molecule has 0 aliphatic rings. The van der Waals surface area contributed by atoms with Crippen molar-refractivity contribution in [3.63, 3.8) is 0 Å². The van der Waals surface area contributed by atoms with E-state index in [0.29, 0.717) is 19.0 Å². The Bertz CT molecular complexity index is 572. The number of furan rings is 1. The lowest BCUT2D eigenvalue weighted by Crippen LogP contribution is -2.38. The van der Waals surface area contributed by atoms with E-state index < -0.39 is 0 Å². The highest BCUT2D eigenvalue weighted by Crippen LogP contribution is 1.99. The van der Waals surface area contributed by atoms with Crippen LogP contribution in [-0.4, -0.2) is 33.8 Å². The molecule has 2 N–H and O–H groups in total. The summed E-state index contributed by atoms with van der Waals surface area (Å²) < 4.78 is 7.00. The molecule has 2 rings (SSSR count). The highest BCUT2D eigenvalue weighted by atomic mass is 16.3. The first-order valence-electron chi connectivity index (χ1n) is 6.78. The standard InChI is InChI=1S/C14H20N6O/c1-3-7-15-14(16-8-6-12-5-4-9-21-12)17-10-13-18-11-19-20(13)2/h3-5,9,11H,1,6-8,10H2,2H3,(H2,15,16,17). The molecule has 0 saturated carbocycles. The molecular formula is C14H20N6O. The van der Waals surface area contributed by atoms with Gasteiger partial charge in [-0.15, -0.1) is 6.58 Å². The molecule has 0 aromatic carbocycles. The second-order valence-corrected chi connectivity index (χ2v) is 4.39. The quantitative estimate of drug-likeness (QED) is 0.449. The van der Waals surface area contributed by atoms with Crippen LogP contribution in [0.1, 0.15) is 11.6 Å². The van der Waals surface area contributed by atoms with Crippen LogP contribution in [0.5, 0.6) is 0 Å². The normalized spacial score (nSPS) is 11.4. The molecule has 0 saturated heterocycles. The molecule has 0 radical (unpaired) electrons. The Balaban J connectivity index is 1.87. The van der Waals surface area contributed by atoms with Crippen LogP contribution in [0.3, 0.4) is 0 Å². The number of aryl methyl sites for hydroxylation is 1. The summed E-state index contributed by atoms with van der Waals surface area (Å²) in [5.74, 6) is 2.46. The first-order valence-corrected chi connectivity index (χ1v) is 6.78. The van der Waals surface area contributed by atoms with Gasteiger partial charge >= 0.3 is 0 Å². The van der Waals surface area contributed by atoms with Gasteiger partial charge in [-0.3, -0.25) is 4.68 Å². The number of hydrogen-bond donors (Lipinski definition) is 2. The van der Waals surface area contributed by atoms with E-state index in [1.807, 2.05) is 19.2 Å². The third-order valence-electron chi connectivity index (χ3n) is 2.84. The summed E-state index contributed by atoms with van der Waals surface area (Å²) in [6.07, 6.45) is 5.78. The van der Waals surface area contributed by atoms with Crippen molar-refractivity contribution in [3.8, 4) is 0 Å². The van der Waals surface area contributed by atoms with Crippen molar-refractivity contribution in [2.24, 2.45) is 12.0 Å². The minimum Gasteiger partial charge on any atom is -0.469 e.